The topological polar surface area (TPSA) is 70.8 Å². The lowest BCUT2D eigenvalue weighted by Gasteiger charge is -2.05. The zero-order chi connectivity index (χ0) is 11.8. The fourth-order valence-electron chi connectivity index (χ4n) is 1.54. The van der Waals surface area contributed by atoms with Crippen molar-refractivity contribution in [3.63, 3.8) is 0 Å². The summed E-state index contributed by atoms with van der Waals surface area (Å²) in [5, 5.41) is 8.57. The van der Waals surface area contributed by atoms with Gasteiger partial charge < -0.3 is 0 Å². The molecule has 1 heterocycles. The second-order valence-corrected chi connectivity index (χ2v) is 6.10. The maximum Gasteiger partial charge on any atom is 0.184 e. The van der Waals surface area contributed by atoms with Crippen LogP contribution in [-0.4, -0.2) is 18.7 Å². The highest BCUT2D eigenvalue weighted by molar-refractivity contribution is 7.92. The molecule has 0 spiro atoms. The molecule has 0 aliphatic heterocycles. The molecule has 16 heavy (non-hydrogen) atoms. The van der Waals surface area contributed by atoms with Crippen molar-refractivity contribution in [2.45, 2.75) is 36.3 Å². The Morgan fingerprint density at radius 3 is 2.75 bits per heavy atom. The van der Waals surface area contributed by atoms with Gasteiger partial charge in [-0.05, 0) is 30.9 Å². The van der Waals surface area contributed by atoms with Crippen molar-refractivity contribution in [3.8, 4) is 6.07 Å². The third-order valence-electron chi connectivity index (χ3n) is 2.69. The summed E-state index contributed by atoms with van der Waals surface area (Å²) in [5.74, 6) is 0. The van der Waals surface area contributed by atoms with E-state index in [4.69, 9.17) is 5.26 Å². The molecule has 0 unspecified atom stereocenters. The number of aryl methyl sites for hydroxylation is 1. The minimum Gasteiger partial charge on any atom is -0.244 e. The molecule has 1 fully saturated rings. The highest BCUT2D eigenvalue weighted by Crippen LogP contribution is 2.34. The number of hydrogen-bond acceptors (Lipinski definition) is 4. The molecule has 0 aromatic carbocycles. The van der Waals surface area contributed by atoms with Crippen LogP contribution in [0.5, 0.6) is 0 Å². The van der Waals surface area contributed by atoms with E-state index in [2.05, 4.69) is 4.98 Å². The molecule has 1 aliphatic rings. The number of sulfone groups is 1. The molecule has 4 nitrogen and oxygen atoms in total. The summed E-state index contributed by atoms with van der Waals surface area (Å²) >= 11 is 0. The van der Waals surface area contributed by atoms with Crippen LogP contribution in [0.4, 0.5) is 0 Å². The first-order valence-electron chi connectivity index (χ1n) is 5.22. The molecule has 1 saturated carbocycles. The fourth-order valence-corrected chi connectivity index (χ4v) is 3.34. The Balaban J connectivity index is 2.58. The van der Waals surface area contributed by atoms with Gasteiger partial charge in [-0.1, -0.05) is 6.92 Å². The van der Waals surface area contributed by atoms with Crippen LogP contribution in [0.3, 0.4) is 0 Å². The zero-order valence-electron chi connectivity index (χ0n) is 8.97. The van der Waals surface area contributed by atoms with E-state index in [9.17, 15) is 8.42 Å². The van der Waals surface area contributed by atoms with E-state index in [-0.39, 0.29) is 15.8 Å². The number of nitrogens with zero attached hydrogens (tertiary/aromatic N) is 2. The van der Waals surface area contributed by atoms with Gasteiger partial charge in [0.15, 0.2) is 15.5 Å². The number of hydrogen-bond donors (Lipinski definition) is 0. The summed E-state index contributed by atoms with van der Waals surface area (Å²) in [4.78, 5) is 4.01. The van der Waals surface area contributed by atoms with Crippen LogP contribution in [0.2, 0.25) is 0 Å². The standard InChI is InChI=1S/C11H12N2O2S/c1-2-8-5-11(10(6-12)13-7-8)16(14,15)9-3-4-9/h5,7,9H,2-4H2,1H3. The third-order valence-corrected chi connectivity index (χ3v) is 4.97. The van der Waals surface area contributed by atoms with Crippen molar-refractivity contribution in [2.24, 2.45) is 0 Å². The van der Waals surface area contributed by atoms with Gasteiger partial charge in [0.25, 0.3) is 0 Å². The Kier molecular flexibility index (Phi) is 2.68. The van der Waals surface area contributed by atoms with Crippen LogP contribution in [0, 0.1) is 11.3 Å². The van der Waals surface area contributed by atoms with Crippen LogP contribution in [0.25, 0.3) is 0 Å². The van der Waals surface area contributed by atoms with Crippen LogP contribution >= 0.6 is 0 Å². The molecule has 0 bridgehead atoms. The Hall–Kier alpha value is -1.41. The molecule has 0 amide bonds. The van der Waals surface area contributed by atoms with Gasteiger partial charge in [0, 0.05) is 6.20 Å². The highest BCUT2D eigenvalue weighted by atomic mass is 32.2. The lowest BCUT2D eigenvalue weighted by Crippen LogP contribution is -2.10. The smallest absolute Gasteiger partial charge is 0.184 e. The second-order valence-electron chi connectivity index (χ2n) is 3.90. The number of rotatable bonds is 3. The van der Waals surface area contributed by atoms with Crippen molar-refractivity contribution in [1.29, 1.82) is 5.26 Å². The van der Waals surface area contributed by atoms with E-state index in [1.165, 1.54) is 0 Å². The first kappa shape index (κ1) is 11.1. The first-order valence-corrected chi connectivity index (χ1v) is 6.77. The molecule has 0 N–H and O–H groups in total. The van der Waals surface area contributed by atoms with Crippen molar-refractivity contribution < 1.29 is 8.42 Å². The predicted molar refractivity (Wildman–Crippen MR) is 58.5 cm³/mol. The van der Waals surface area contributed by atoms with Crippen molar-refractivity contribution in [3.05, 3.63) is 23.5 Å². The monoisotopic (exact) mass is 236 g/mol. The van der Waals surface area contributed by atoms with Gasteiger partial charge >= 0.3 is 0 Å². The average molecular weight is 236 g/mol. The van der Waals surface area contributed by atoms with E-state index in [0.29, 0.717) is 19.3 Å². The Morgan fingerprint density at radius 1 is 1.56 bits per heavy atom. The highest BCUT2D eigenvalue weighted by Gasteiger charge is 2.38. The first-order chi connectivity index (χ1) is 7.59. The van der Waals surface area contributed by atoms with E-state index >= 15 is 0 Å². The van der Waals surface area contributed by atoms with E-state index in [0.717, 1.165) is 5.56 Å². The molecule has 1 aromatic rings. The van der Waals surface area contributed by atoms with Crippen molar-refractivity contribution in [1.82, 2.24) is 4.98 Å². The number of pyridine rings is 1. The SMILES string of the molecule is CCc1cnc(C#N)c(S(=O)(=O)C2CC2)c1. The van der Waals surface area contributed by atoms with Gasteiger partial charge in [0.2, 0.25) is 0 Å². The molecule has 0 atom stereocenters. The lowest BCUT2D eigenvalue weighted by molar-refractivity contribution is 0.594. The minimum atomic E-state index is -3.33. The molecule has 5 heteroatoms. The quantitative estimate of drug-likeness (QED) is 0.796. The molecule has 0 radical (unpaired) electrons. The predicted octanol–water partition coefficient (Wildman–Crippen LogP) is 1.45. The van der Waals surface area contributed by atoms with Crippen LogP contribution in [0.1, 0.15) is 31.0 Å². The van der Waals surface area contributed by atoms with Gasteiger partial charge in [-0.2, -0.15) is 5.26 Å². The van der Waals surface area contributed by atoms with Gasteiger partial charge in [0.1, 0.15) is 11.0 Å². The lowest BCUT2D eigenvalue weighted by atomic mass is 10.2. The van der Waals surface area contributed by atoms with Crippen molar-refractivity contribution >= 4 is 9.84 Å². The van der Waals surface area contributed by atoms with Gasteiger partial charge in [-0.15, -0.1) is 0 Å². The minimum absolute atomic E-state index is 0.0177. The van der Waals surface area contributed by atoms with Crippen LogP contribution in [-0.2, 0) is 16.3 Å². The van der Waals surface area contributed by atoms with Crippen LogP contribution < -0.4 is 0 Å². The van der Waals surface area contributed by atoms with Crippen molar-refractivity contribution in [2.75, 3.05) is 0 Å². The fraction of sp³-hybridized carbons (Fsp3) is 0.455. The summed E-state index contributed by atoms with van der Waals surface area (Å²) in [6.07, 6.45) is 3.67. The molecule has 84 valence electrons. The summed E-state index contributed by atoms with van der Waals surface area (Å²) < 4.78 is 24.1. The summed E-state index contributed by atoms with van der Waals surface area (Å²) in [5.41, 5.74) is 0.863. The van der Waals surface area contributed by atoms with Gasteiger partial charge in [-0.3, -0.25) is 0 Å². The molecule has 2 rings (SSSR count). The Labute approximate surface area is 94.9 Å². The summed E-state index contributed by atoms with van der Waals surface area (Å²) in [6.45, 7) is 1.93. The maximum absolute atomic E-state index is 12.1. The zero-order valence-corrected chi connectivity index (χ0v) is 9.79. The van der Waals surface area contributed by atoms with E-state index < -0.39 is 9.84 Å². The van der Waals surface area contributed by atoms with Gasteiger partial charge in [-0.25, -0.2) is 13.4 Å². The van der Waals surface area contributed by atoms with Crippen LogP contribution in [0.15, 0.2) is 17.2 Å². The molecule has 1 aliphatic carbocycles. The van der Waals surface area contributed by atoms with Gasteiger partial charge in [0.05, 0.1) is 5.25 Å². The maximum atomic E-state index is 12.1. The molecule has 0 saturated heterocycles. The largest absolute Gasteiger partial charge is 0.244 e. The number of nitriles is 1. The number of aromatic nitrogens is 1. The molecular formula is C11H12N2O2S. The average Bonchev–Trinajstić information content (AvgIpc) is 3.12. The normalized spacial score (nSPS) is 15.8. The second kappa shape index (κ2) is 3.87. The Morgan fingerprint density at radius 2 is 2.25 bits per heavy atom. The molecule has 1 aromatic heterocycles. The summed E-state index contributed by atoms with van der Waals surface area (Å²) in [7, 11) is -3.33. The van der Waals surface area contributed by atoms with E-state index in [1.807, 2.05) is 13.0 Å². The third kappa shape index (κ3) is 1.81. The summed E-state index contributed by atoms with van der Waals surface area (Å²) in [6, 6.07) is 3.43. The Bertz CT molecular complexity index is 554. The molecular weight excluding hydrogens is 224 g/mol. The van der Waals surface area contributed by atoms with E-state index in [1.54, 1.807) is 12.3 Å².